The first-order valence-corrected chi connectivity index (χ1v) is 5.11. The summed E-state index contributed by atoms with van der Waals surface area (Å²) in [5, 5.41) is 0. The van der Waals surface area contributed by atoms with Crippen molar-refractivity contribution in [2.75, 3.05) is 7.11 Å². The van der Waals surface area contributed by atoms with Gasteiger partial charge in [0.2, 0.25) is 0 Å². The average Bonchev–Trinajstić information content (AvgIpc) is 2.32. The van der Waals surface area contributed by atoms with Gasteiger partial charge in [-0.25, -0.2) is 0 Å². The molecule has 1 aromatic rings. The molecule has 0 aliphatic heterocycles. The second-order valence-corrected chi connectivity index (χ2v) is 3.62. The van der Waals surface area contributed by atoms with E-state index in [1.807, 2.05) is 0 Å². The Morgan fingerprint density at radius 3 is 2.00 bits per heavy atom. The van der Waals surface area contributed by atoms with Gasteiger partial charge in [0, 0.05) is 6.08 Å². The number of alkyl halides is 6. The number of carbonyl (C=O) groups excluding carboxylic acids is 1. The van der Waals surface area contributed by atoms with Crippen molar-refractivity contribution < 1.29 is 35.9 Å². The fourth-order valence-electron chi connectivity index (χ4n) is 1.38. The highest BCUT2D eigenvalue weighted by molar-refractivity contribution is 6.07. The van der Waals surface area contributed by atoms with Gasteiger partial charge in [0.1, 0.15) is 11.3 Å². The number of hydrogen-bond acceptors (Lipinski definition) is 2. The Labute approximate surface area is 109 Å². The average molecular weight is 298 g/mol. The van der Waals surface area contributed by atoms with Gasteiger partial charge >= 0.3 is 12.4 Å². The first-order valence-electron chi connectivity index (χ1n) is 5.11. The van der Waals surface area contributed by atoms with Crippen molar-refractivity contribution in [2.24, 2.45) is 0 Å². The monoisotopic (exact) mass is 298 g/mol. The van der Waals surface area contributed by atoms with Crippen molar-refractivity contribution >= 4 is 5.78 Å². The number of halogens is 6. The highest BCUT2D eigenvalue weighted by atomic mass is 19.4. The second kappa shape index (κ2) is 5.56. The van der Waals surface area contributed by atoms with Crippen molar-refractivity contribution in [1.29, 1.82) is 0 Å². The van der Waals surface area contributed by atoms with Crippen molar-refractivity contribution in [3.63, 3.8) is 0 Å². The Balaban J connectivity index is 3.29. The van der Waals surface area contributed by atoms with E-state index in [2.05, 4.69) is 0 Å². The quantitative estimate of drug-likeness (QED) is 0.480. The molecule has 0 saturated heterocycles. The fourth-order valence-corrected chi connectivity index (χ4v) is 1.38. The van der Waals surface area contributed by atoms with Crippen LogP contribution < -0.4 is 4.74 Å². The molecule has 0 aliphatic rings. The lowest BCUT2D eigenvalue weighted by atomic mass is 10.1. The molecule has 0 bridgehead atoms. The summed E-state index contributed by atoms with van der Waals surface area (Å²) >= 11 is 0. The summed E-state index contributed by atoms with van der Waals surface area (Å²) in [5.74, 6) is -1.55. The third-order valence-corrected chi connectivity index (χ3v) is 2.26. The van der Waals surface area contributed by atoms with Gasteiger partial charge in [0.15, 0.2) is 5.78 Å². The summed E-state index contributed by atoms with van der Waals surface area (Å²) in [7, 11) is 1.14. The molecule has 0 fully saturated rings. The SMILES string of the molecule is COc1ccccc1C(=O)C=C(C(F)(F)F)C(F)(F)F. The van der Waals surface area contributed by atoms with Gasteiger partial charge in [-0.05, 0) is 12.1 Å². The molecule has 0 saturated carbocycles. The third-order valence-electron chi connectivity index (χ3n) is 2.26. The highest BCUT2D eigenvalue weighted by Gasteiger charge is 2.51. The summed E-state index contributed by atoms with van der Waals surface area (Å²) < 4.78 is 78.5. The van der Waals surface area contributed by atoms with E-state index in [4.69, 9.17) is 4.74 Å². The Morgan fingerprint density at radius 2 is 1.55 bits per heavy atom. The number of hydrogen-bond donors (Lipinski definition) is 0. The normalized spacial score (nSPS) is 11.9. The molecule has 0 N–H and O–H groups in total. The third kappa shape index (κ3) is 3.75. The van der Waals surface area contributed by atoms with Crippen LogP contribution in [0.15, 0.2) is 35.9 Å². The number of methoxy groups -OCH3 is 1. The van der Waals surface area contributed by atoms with E-state index >= 15 is 0 Å². The van der Waals surface area contributed by atoms with E-state index in [-0.39, 0.29) is 11.3 Å². The van der Waals surface area contributed by atoms with Crippen LogP contribution in [0.1, 0.15) is 10.4 Å². The molecule has 0 amide bonds. The minimum absolute atomic E-state index is 0.113. The molecule has 1 aromatic carbocycles. The molecular formula is C12H8F6O2. The summed E-state index contributed by atoms with van der Waals surface area (Å²) in [6.07, 6.45) is -11.8. The fraction of sp³-hybridized carbons (Fsp3) is 0.250. The smallest absolute Gasteiger partial charge is 0.421 e. The largest absolute Gasteiger partial charge is 0.496 e. The molecule has 0 heterocycles. The summed E-state index contributed by atoms with van der Waals surface area (Å²) in [6, 6.07) is 5.04. The molecule has 0 radical (unpaired) electrons. The van der Waals surface area contributed by atoms with Gasteiger partial charge in [-0.1, -0.05) is 12.1 Å². The highest BCUT2D eigenvalue weighted by Crippen LogP contribution is 2.39. The second-order valence-electron chi connectivity index (χ2n) is 3.62. The maximum Gasteiger partial charge on any atom is 0.421 e. The lowest BCUT2D eigenvalue weighted by Gasteiger charge is -2.14. The molecule has 20 heavy (non-hydrogen) atoms. The molecule has 2 nitrogen and oxygen atoms in total. The van der Waals surface area contributed by atoms with Gasteiger partial charge in [0.05, 0.1) is 12.7 Å². The summed E-state index contributed by atoms with van der Waals surface area (Å²) in [5.41, 5.74) is -3.25. The van der Waals surface area contributed by atoms with Crippen LogP contribution in [0.5, 0.6) is 5.75 Å². The van der Waals surface area contributed by atoms with Gasteiger partial charge in [-0.15, -0.1) is 0 Å². The van der Waals surface area contributed by atoms with Crippen LogP contribution in [0.4, 0.5) is 26.3 Å². The van der Waals surface area contributed by atoms with E-state index < -0.39 is 29.8 Å². The van der Waals surface area contributed by atoms with Crippen LogP contribution in [0, 0.1) is 0 Å². The molecule has 0 aliphatic carbocycles. The number of benzene rings is 1. The molecule has 0 unspecified atom stereocenters. The van der Waals surface area contributed by atoms with Gasteiger partial charge < -0.3 is 4.74 Å². The zero-order chi connectivity index (χ0) is 15.6. The summed E-state index contributed by atoms with van der Waals surface area (Å²) in [6.45, 7) is 0. The lowest BCUT2D eigenvalue weighted by molar-refractivity contribution is -0.171. The predicted molar refractivity (Wildman–Crippen MR) is 57.5 cm³/mol. The molecule has 1 rings (SSSR count). The molecule has 0 atom stereocenters. The van der Waals surface area contributed by atoms with E-state index in [1.165, 1.54) is 18.2 Å². The number of ether oxygens (including phenoxy) is 1. The Morgan fingerprint density at radius 1 is 1.05 bits per heavy atom. The number of rotatable bonds is 3. The molecule has 0 spiro atoms. The lowest BCUT2D eigenvalue weighted by Crippen LogP contribution is -2.27. The van der Waals surface area contributed by atoms with Gasteiger partial charge in [-0.3, -0.25) is 4.79 Å². The first kappa shape index (κ1) is 16.1. The van der Waals surface area contributed by atoms with E-state index in [0.717, 1.165) is 13.2 Å². The number of ketones is 1. The van der Waals surface area contributed by atoms with E-state index in [0.29, 0.717) is 0 Å². The van der Waals surface area contributed by atoms with E-state index in [9.17, 15) is 31.1 Å². The number of carbonyl (C=O) groups is 1. The molecule has 8 heteroatoms. The Bertz CT molecular complexity index is 511. The van der Waals surface area contributed by atoms with Crippen LogP contribution in [-0.4, -0.2) is 25.2 Å². The Kier molecular flexibility index (Phi) is 4.46. The van der Waals surface area contributed by atoms with Crippen LogP contribution >= 0.6 is 0 Å². The maximum atomic E-state index is 12.3. The standard InChI is InChI=1S/C12H8F6O2/c1-20-9-5-3-2-4-7(9)8(19)6-10(11(13,14)15)12(16,17)18/h2-6H,1H3. The topological polar surface area (TPSA) is 26.3 Å². The zero-order valence-corrected chi connectivity index (χ0v) is 9.97. The van der Waals surface area contributed by atoms with Crippen molar-refractivity contribution in [3.8, 4) is 5.75 Å². The van der Waals surface area contributed by atoms with Gasteiger partial charge in [-0.2, -0.15) is 26.3 Å². The van der Waals surface area contributed by atoms with Crippen LogP contribution in [0.2, 0.25) is 0 Å². The minimum Gasteiger partial charge on any atom is -0.496 e. The van der Waals surface area contributed by atoms with Crippen molar-refractivity contribution in [1.82, 2.24) is 0 Å². The van der Waals surface area contributed by atoms with Gasteiger partial charge in [0.25, 0.3) is 0 Å². The van der Waals surface area contributed by atoms with Crippen LogP contribution in [0.25, 0.3) is 0 Å². The van der Waals surface area contributed by atoms with E-state index in [1.54, 1.807) is 0 Å². The first-order chi connectivity index (χ1) is 9.07. The maximum absolute atomic E-state index is 12.3. The summed E-state index contributed by atoms with van der Waals surface area (Å²) in [4.78, 5) is 11.6. The number of para-hydroxylation sites is 1. The molecule has 110 valence electrons. The Hall–Kier alpha value is -1.99. The minimum atomic E-state index is -5.67. The predicted octanol–water partition coefficient (Wildman–Crippen LogP) is 3.93. The number of allylic oxidation sites excluding steroid dienone is 2. The molecule has 0 aromatic heterocycles. The van der Waals surface area contributed by atoms with Crippen LogP contribution in [0.3, 0.4) is 0 Å². The molecular weight excluding hydrogens is 290 g/mol. The van der Waals surface area contributed by atoms with Crippen molar-refractivity contribution in [2.45, 2.75) is 12.4 Å². The van der Waals surface area contributed by atoms with Crippen molar-refractivity contribution in [3.05, 3.63) is 41.5 Å². The zero-order valence-electron chi connectivity index (χ0n) is 9.97. The van der Waals surface area contributed by atoms with Crippen LogP contribution in [-0.2, 0) is 0 Å².